The first kappa shape index (κ1) is 12.4. The van der Waals surface area contributed by atoms with E-state index in [2.05, 4.69) is 4.98 Å². The molecule has 6 heteroatoms. The van der Waals surface area contributed by atoms with Crippen molar-refractivity contribution in [2.75, 3.05) is 0 Å². The molecule has 2 aromatic heterocycles. The second-order valence-corrected chi connectivity index (χ2v) is 4.89. The summed E-state index contributed by atoms with van der Waals surface area (Å²) in [4.78, 5) is 15.1. The van der Waals surface area contributed by atoms with E-state index in [9.17, 15) is 10.1 Å². The number of aromatic nitrogens is 3. The fraction of sp³-hybridized carbons (Fsp3) is 0.214. The first-order chi connectivity index (χ1) is 9.49. The number of aryl methyl sites for hydroxylation is 3. The number of hydrogen-bond acceptors (Lipinski definition) is 3. The third-order valence-electron chi connectivity index (χ3n) is 3.54. The van der Waals surface area contributed by atoms with Crippen LogP contribution in [0.2, 0.25) is 0 Å². The Morgan fingerprint density at radius 2 is 2.05 bits per heavy atom. The molecule has 6 nitrogen and oxygen atoms in total. The molecule has 0 spiro atoms. The first-order valence-corrected chi connectivity index (χ1v) is 6.22. The van der Waals surface area contributed by atoms with Crippen LogP contribution in [0.1, 0.15) is 5.56 Å². The smallest absolute Gasteiger partial charge is 0.287 e. The highest BCUT2D eigenvalue weighted by Crippen LogP contribution is 2.28. The Hall–Kier alpha value is -2.63. The quantitative estimate of drug-likeness (QED) is 0.531. The van der Waals surface area contributed by atoms with Gasteiger partial charge in [0.05, 0.1) is 27.8 Å². The molecular weight excluding hydrogens is 256 g/mol. The van der Waals surface area contributed by atoms with Crippen molar-refractivity contribution in [2.24, 2.45) is 14.1 Å². The SMILES string of the molecule is Cc1cccc2c1nc(-c1cc([N+](=O)[O-])cn1C)n2C. The summed E-state index contributed by atoms with van der Waals surface area (Å²) >= 11 is 0. The van der Waals surface area contributed by atoms with E-state index >= 15 is 0 Å². The Balaban J connectivity index is 2.27. The summed E-state index contributed by atoms with van der Waals surface area (Å²) in [6.07, 6.45) is 1.50. The van der Waals surface area contributed by atoms with Crippen molar-refractivity contribution in [2.45, 2.75) is 6.92 Å². The minimum absolute atomic E-state index is 0.0753. The van der Waals surface area contributed by atoms with Crippen molar-refractivity contribution >= 4 is 16.7 Å². The molecular formula is C14H14N4O2. The van der Waals surface area contributed by atoms with E-state index in [-0.39, 0.29) is 5.69 Å². The Morgan fingerprint density at radius 3 is 2.65 bits per heavy atom. The summed E-state index contributed by atoms with van der Waals surface area (Å²) in [6, 6.07) is 7.54. The lowest BCUT2D eigenvalue weighted by molar-refractivity contribution is -0.384. The van der Waals surface area contributed by atoms with E-state index in [0.717, 1.165) is 28.1 Å². The number of imidazole rings is 1. The van der Waals surface area contributed by atoms with E-state index in [1.165, 1.54) is 6.20 Å². The van der Waals surface area contributed by atoms with Gasteiger partial charge >= 0.3 is 0 Å². The maximum absolute atomic E-state index is 10.9. The van der Waals surface area contributed by atoms with Crippen molar-refractivity contribution in [3.63, 3.8) is 0 Å². The van der Waals surface area contributed by atoms with Crippen LogP contribution in [0.4, 0.5) is 5.69 Å². The summed E-state index contributed by atoms with van der Waals surface area (Å²) in [7, 11) is 3.71. The van der Waals surface area contributed by atoms with Crippen molar-refractivity contribution in [1.82, 2.24) is 14.1 Å². The van der Waals surface area contributed by atoms with Gasteiger partial charge in [0.25, 0.3) is 5.69 Å². The van der Waals surface area contributed by atoms with Gasteiger partial charge in [-0.15, -0.1) is 0 Å². The van der Waals surface area contributed by atoms with Crippen LogP contribution in [-0.4, -0.2) is 19.0 Å². The molecule has 0 aliphatic rings. The number of nitro groups is 1. The fourth-order valence-corrected chi connectivity index (χ4v) is 2.45. The van der Waals surface area contributed by atoms with Crippen molar-refractivity contribution in [1.29, 1.82) is 0 Å². The molecule has 3 aromatic rings. The number of rotatable bonds is 2. The predicted molar refractivity (Wildman–Crippen MR) is 76.5 cm³/mol. The molecule has 1 aromatic carbocycles. The topological polar surface area (TPSA) is 65.9 Å². The van der Waals surface area contributed by atoms with Gasteiger partial charge in [0, 0.05) is 20.2 Å². The molecule has 0 amide bonds. The zero-order valence-electron chi connectivity index (χ0n) is 11.5. The number of benzene rings is 1. The van der Waals surface area contributed by atoms with E-state index in [4.69, 9.17) is 0 Å². The number of hydrogen-bond donors (Lipinski definition) is 0. The maximum atomic E-state index is 10.9. The van der Waals surface area contributed by atoms with Crippen molar-refractivity contribution < 1.29 is 4.92 Å². The maximum Gasteiger partial charge on any atom is 0.287 e. The molecule has 0 radical (unpaired) electrons. The van der Waals surface area contributed by atoms with E-state index in [0.29, 0.717) is 0 Å². The van der Waals surface area contributed by atoms with Crippen molar-refractivity contribution in [3.05, 3.63) is 46.1 Å². The fourth-order valence-electron chi connectivity index (χ4n) is 2.45. The highest BCUT2D eigenvalue weighted by Gasteiger charge is 2.18. The Morgan fingerprint density at radius 1 is 1.30 bits per heavy atom. The normalized spacial score (nSPS) is 11.2. The largest absolute Gasteiger partial charge is 0.342 e. The van der Waals surface area contributed by atoms with Crippen LogP contribution in [-0.2, 0) is 14.1 Å². The lowest BCUT2D eigenvalue weighted by atomic mass is 10.2. The van der Waals surface area contributed by atoms with Crippen LogP contribution < -0.4 is 0 Å². The van der Waals surface area contributed by atoms with Gasteiger partial charge < -0.3 is 9.13 Å². The summed E-state index contributed by atoms with van der Waals surface area (Å²) in [5.74, 6) is 0.727. The minimum Gasteiger partial charge on any atom is -0.342 e. The van der Waals surface area contributed by atoms with Gasteiger partial charge in [0.1, 0.15) is 0 Å². The first-order valence-electron chi connectivity index (χ1n) is 6.22. The Labute approximate surface area is 115 Å². The average Bonchev–Trinajstić information content (AvgIpc) is 2.93. The average molecular weight is 270 g/mol. The molecule has 0 fully saturated rings. The lowest BCUT2D eigenvalue weighted by Gasteiger charge is -2.02. The zero-order valence-corrected chi connectivity index (χ0v) is 11.5. The monoisotopic (exact) mass is 270 g/mol. The van der Waals surface area contributed by atoms with Crippen LogP contribution in [0.5, 0.6) is 0 Å². The molecule has 3 rings (SSSR count). The summed E-state index contributed by atoms with van der Waals surface area (Å²) in [5.41, 5.74) is 3.84. The molecule has 20 heavy (non-hydrogen) atoms. The third-order valence-corrected chi connectivity index (χ3v) is 3.54. The molecule has 0 aliphatic heterocycles. The molecule has 0 atom stereocenters. The Kier molecular flexibility index (Phi) is 2.60. The standard InChI is InChI=1S/C14H14N4O2/c1-9-5-4-6-11-13(9)15-14(17(11)3)12-7-10(18(19)20)8-16(12)2/h4-8H,1-3H3. The van der Waals surface area contributed by atoms with Crippen LogP contribution in [0.3, 0.4) is 0 Å². The lowest BCUT2D eigenvalue weighted by Crippen LogP contribution is -1.97. The van der Waals surface area contributed by atoms with Gasteiger partial charge in [0.15, 0.2) is 5.82 Å². The molecule has 0 saturated carbocycles. The number of fused-ring (bicyclic) bond motifs is 1. The second-order valence-electron chi connectivity index (χ2n) is 4.89. The molecule has 0 unspecified atom stereocenters. The summed E-state index contributed by atoms with van der Waals surface area (Å²) < 4.78 is 3.69. The Bertz CT molecular complexity index is 829. The van der Waals surface area contributed by atoms with Gasteiger partial charge in [-0.1, -0.05) is 12.1 Å². The molecule has 0 N–H and O–H groups in total. The number of para-hydroxylation sites is 1. The van der Waals surface area contributed by atoms with Crippen LogP contribution in [0.15, 0.2) is 30.5 Å². The van der Waals surface area contributed by atoms with E-state index in [1.807, 2.05) is 36.7 Å². The molecule has 0 aliphatic carbocycles. The van der Waals surface area contributed by atoms with Gasteiger partial charge in [-0.05, 0) is 18.6 Å². The zero-order chi connectivity index (χ0) is 14.4. The second kappa shape index (κ2) is 4.19. The van der Waals surface area contributed by atoms with E-state index in [1.54, 1.807) is 17.7 Å². The van der Waals surface area contributed by atoms with Crippen LogP contribution in [0.25, 0.3) is 22.6 Å². The molecule has 102 valence electrons. The summed E-state index contributed by atoms with van der Waals surface area (Å²) in [6.45, 7) is 2.01. The van der Waals surface area contributed by atoms with Gasteiger partial charge in [-0.25, -0.2) is 4.98 Å². The van der Waals surface area contributed by atoms with Gasteiger partial charge in [-0.3, -0.25) is 10.1 Å². The van der Waals surface area contributed by atoms with E-state index < -0.39 is 4.92 Å². The van der Waals surface area contributed by atoms with Gasteiger partial charge in [-0.2, -0.15) is 0 Å². The van der Waals surface area contributed by atoms with Crippen molar-refractivity contribution in [3.8, 4) is 11.5 Å². The predicted octanol–water partition coefficient (Wildman–Crippen LogP) is 2.80. The van der Waals surface area contributed by atoms with Crippen LogP contribution >= 0.6 is 0 Å². The highest BCUT2D eigenvalue weighted by molar-refractivity contribution is 5.83. The minimum atomic E-state index is -0.391. The molecule has 2 heterocycles. The molecule has 0 saturated heterocycles. The molecule has 0 bridgehead atoms. The van der Waals surface area contributed by atoms with Crippen LogP contribution in [0, 0.1) is 17.0 Å². The third kappa shape index (κ3) is 1.69. The number of nitrogens with zero attached hydrogens (tertiary/aromatic N) is 4. The van der Waals surface area contributed by atoms with Gasteiger partial charge in [0.2, 0.25) is 0 Å². The summed E-state index contributed by atoms with van der Waals surface area (Å²) in [5, 5.41) is 10.9. The highest BCUT2D eigenvalue weighted by atomic mass is 16.6.